The maximum atomic E-state index is 12.5. The van der Waals surface area contributed by atoms with Crippen LogP contribution in [-0.4, -0.2) is 28.0 Å². The van der Waals surface area contributed by atoms with Gasteiger partial charge in [-0.05, 0) is 30.9 Å². The second-order valence-corrected chi connectivity index (χ2v) is 7.53. The van der Waals surface area contributed by atoms with Crippen molar-refractivity contribution < 1.29 is 9.21 Å². The minimum Gasteiger partial charge on any atom is -0.455 e. The molecule has 0 radical (unpaired) electrons. The standard InChI is InChI=1S/C18H26N4O2S/c1-22-10-9-20-18(22)25-12-14-7-8-16(24-14)17(23)21-15(11-19)13-5-3-2-4-6-13/h7-10,13,15H,2-6,11-12,19H2,1H3,(H,21,23). The van der Waals surface area contributed by atoms with Gasteiger partial charge < -0.3 is 20.0 Å². The molecule has 2 aromatic heterocycles. The van der Waals surface area contributed by atoms with Crippen LogP contribution in [0, 0.1) is 5.92 Å². The number of aromatic nitrogens is 2. The van der Waals surface area contributed by atoms with Crippen LogP contribution in [-0.2, 0) is 12.8 Å². The van der Waals surface area contributed by atoms with Gasteiger partial charge >= 0.3 is 0 Å². The lowest BCUT2D eigenvalue weighted by atomic mass is 9.84. The number of nitrogens with one attached hydrogen (secondary N) is 1. The van der Waals surface area contributed by atoms with Gasteiger partial charge in [0, 0.05) is 32.0 Å². The monoisotopic (exact) mass is 362 g/mol. The lowest BCUT2D eigenvalue weighted by Gasteiger charge is -2.29. The largest absolute Gasteiger partial charge is 0.455 e. The van der Waals surface area contributed by atoms with E-state index >= 15 is 0 Å². The predicted molar refractivity (Wildman–Crippen MR) is 98.4 cm³/mol. The summed E-state index contributed by atoms with van der Waals surface area (Å²) < 4.78 is 7.66. The van der Waals surface area contributed by atoms with Crippen molar-refractivity contribution in [2.75, 3.05) is 6.54 Å². The average Bonchev–Trinajstić information content (AvgIpc) is 3.27. The number of hydrogen-bond acceptors (Lipinski definition) is 5. The van der Waals surface area contributed by atoms with E-state index in [0.29, 0.717) is 24.0 Å². The Morgan fingerprint density at radius 3 is 2.92 bits per heavy atom. The van der Waals surface area contributed by atoms with E-state index in [1.807, 2.05) is 23.9 Å². The van der Waals surface area contributed by atoms with Crippen LogP contribution in [0.1, 0.15) is 48.4 Å². The summed E-state index contributed by atoms with van der Waals surface area (Å²) in [7, 11) is 1.95. The summed E-state index contributed by atoms with van der Waals surface area (Å²) in [5, 5.41) is 3.98. The molecular weight excluding hydrogens is 336 g/mol. The highest BCUT2D eigenvalue weighted by Gasteiger charge is 2.25. The maximum Gasteiger partial charge on any atom is 0.287 e. The van der Waals surface area contributed by atoms with Gasteiger partial charge in [0.1, 0.15) is 5.76 Å². The number of carbonyl (C=O) groups excluding carboxylic acids is 1. The number of furan rings is 1. The number of rotatable bonds is 7. The van der Waals surface area contributed by atoms with E-state index in [4.69, 9.17) is 10.2 Å². The Morgan fingerprint density at radius 1 is 1.44 bits per heavy atom. The molecule has 1 saturated carbocycles. The zero-order valence-corrected chi connectivity index (χ0v) is 15.4. The van der Waals surface area contributed by atoms with Gasteiger partial charge in [-0.3, -0.25) is 4.79 Å². The molecule has 0 saturated heterocycles. The first-order valence-electron chi connectivity index (χ1n) is 8.87. The molecule has 2 heterocycles. The fraction of sp³-hybridized carbons (Fsp3) is 0.556. The molecule has 3 rings (SSSR count). The first-order chi connectivity index (χ1) is 12.2. The van der Waals surface area contributed by atoms with Gasteiger partial charge in [0.2, 0.25) is 0 Å². The fourth-order valence-electron chi connectivity index (χ4n) is 3.35. The highest BCUT2D eigenvalue weighted by molar-refractivity contribution is 7.98. The number of nitrogens with two attached hydrogens (primary N) is 1. The fourth-order valence-corrected chi connectivity index (χ4v) is 4.18. The van der Waals surface area contributed by atoms with Gasteiger partial charge in [-0.15, -0.1) is 0 Å². The highest BCUT2D eigenvalue weighted by atomic mass is 32.2. The van der Waals surface area contributed by atoms with E-state index in [9.17, 15) is 4.79 Å². The topological polar surface area (TPSA) is 86.1 Å². The van der Waals surface area contributed by atoms with Gasteiger partial charge in [0.25, 0.3) is 5.91 Å². The van der Waals surface area contributed by atoms with E-state index in [1.54, 1.807) is 24.0 Å². The number of hydrogen-bond donors (Lipinski definition) is 2. The van der Waals surface area contributed by atoms with Crippen molar-refractivity contribution in [2.45, 2.75) is 49.1 Å². The molecule has 1 fully saturated rings. The molecule has 1 aliphatic carbocycles. The van der Waals surface area contributed by atoms with E-state index in [1.165, 1.54) is 19.3 Å². The minimum atomic E-state index is -0.172. The summed E-state index contributed by atoms with van der Waals surface area (Å²) in [6, 6.07) is 3.62. The van der Waals surface area contributed by atoms with E-state index in [-0.39, 0.29) is 11.9 Å². The number of aryl methyl sites for hydroxylation is 1. The molecule has 1 amide bonds. The first-order valence-corrected chi connectivity index (χ1v) is 9.85. The van der Waals surface area contributed by atoms with E-state index in [2.05, 4.69) is 10.3 Å². The number of nitrogens with zero attached hydrogens (tertiary/aromatic N) is 2. The van der Waals surface area contributed by atoms with Crippen molar-refractivity contribution in [3.63, 3.8) is 0 Å². The van der Waals surface area contributed by atoms with Crippen molar-refractivity contribution >= 4 is 17.7 Å². The Labute approximate surface area is 152 Å². The smallest absolute Gasteiger partial charge is 0.287 e. The molecule has 0 spiro atoms. The van der Waals surface area contributed by atoms with Crippen LogP contribution < -0.4 is 11.1 Å². The lowest BCUT2D eigenvalue weighted by molar-refractivity contribution is 0.0886. The number of amides is 1. The second-order valence-electron chi connectivity index (χ2n) is 6.59. The van der Waals surface area contributed by atoms with Gasteiger partial charge in [0.15, 0.2) is 10.9 Å². The summed E-state index contributed by atoms with van der Waals surface area (Å²) >= 11 is 1.58. The van der Waals surface area contributed by atoms with Crippen molar-refractivity contribution in [3.8, 4) is 0 Å². The summed E-state index contributed by atoms with van der Waals surface area (Å²) in [5.41, 5.74) is 5.89. The van der Waals surface area contributed by atoms with Crippen LogP contribution in [0.4, 0.5) is 0 Å². The van der Waals surface area contributed by atoms with Crippen molar-refractivity contribution in [2.24, 2.45) is 18.7 Å². The molecule has 0 aromatic carbocycles. The van der Waals surface area contributed by atoms with Gasteiger partial charge in [0.05, 0.1) is 5.75 Å². The highest BCUT2D eigenvalue weighted by Crippen LogP contribution is 2.26. The minimum absolute atomic E-state index is 0.0308. The zero-order chi connectivity index (χ0) is 17.6. The van der Waals surface area contributed by atoms with Crippen LogP contribution in [0.5, 0.6) is 0 Å². The number of thioether (sulfide) groups is 1. The third-order valence-electron chi connectivity index (χ3n) is 4.80. The second kappa shape index (κ2) is 8.58. The Kier molecular flexibility index (Phi) is 6.20. The average molecular weight is 362 g/mol. The Balaban J connectivity index is 1.55. The molecule has 1 aliphatic rings. The zero-order valence-electron chi connectivity index (χ0n) is 14.6. The molecule has 2 aromatic rings. The normalized spacial score (nSPS) is 16.7. The molecule has 1 atom stereocenters. The third-order valence-corrected chi connectivity index (χ3v) is 5.88. The molecule has 0 aliphatic heterocycles. The molecular formula is C18H26N4O2S. The first kappa shape index (κ1) is 18.1. The molecule has 25 heavy (non-hydrogen) atoms. The molecule has 136 valence electrons. The van der Waals surface area contributed by atoms with Gasteiger partial charge in [-0.2, -0.15) is 0 Å². The van der Waals surface area contributed by atoms with Gasteiger partial charge in [-0.1, -0.05) is 31.0 Å². The molecule has 3 N–H and O–H groups in total. The maximum absolute atomic E-state index is 12.5. The summed E-state index contributed by atoms with van der Waals surface area (Å²) in [6.07, 6.45) is 9.70. The summed E-state index contributed by atoms with van der Waals surface area (Å²) in [6.45, 7) is 0.471. The molecule has 1 unspecified atom stereocenters. The summed E-state index contributed by atoms with van der Waals surface area (Å²) in [4.78, 5) is 16.7. The Hall–Kier alpha value is -1.73. The number of carbonyl (C=O) groups is 1. The van der Waals surface area contributed by atoms with Crippen LogP contribution in [0.25, 0.3) is 0 Å². The predicted octanol–water partition coefficient (Wildman–Crippen LogP) is 2.94. The van der Waals surface area contributed by atoms with Crippen LogP contribution in [0.15, 0.2) is 34.1 Å². The Bertz CT molecular complexity index is 691. The number of imidazole rings is 1. The molecule has 7 heteroatoms. The van der Waals surface area contributed by atoms with Crippen molar-refractivity contribution in [3.05, 3.63) is 36.0 Å². The molecule has 6 nitrogen and oxygen atoms in total. The summed E-state index contributed by atoms with van der Waals surface area (Å²) in [5.74, 6) is 2.07. The van der Waals surface area contributed by atoms with Gasteiger partial charge in [-0.25, -0.2) is 4.98 Å². The molecule has 0 bridgehead atoms. The van der Waals surface area contributed by atoms with Crippen molar-refractivity contribution in [1.82, 2.24) is 14.9 Å². The lowest BCUT2D eigenvalue weighted by Crippen LogP contribution is -2.45. The van der Waals surface area contributed by atoms with Crippen molar-refractivity contribution in [1.29, 1.82) is 0 Å². The van der Waals surface area contributed by atoms with E-state index < -0.39 is 0 Å². The quantitative estimate of drug-likeness (QED) is 0.740. The third kappa shape index (κ3) is 4.67. The SMILES string of the molecule is Cn1ccnc1SCc1ccc(C(=O)NC(CN)C2CCCCC2)o1. The van der Waals surface area contributed by atoms with E-state index in [0.717, 1.165) is 23.8 Å². The van der Waals surface area contributed by atoms with Crippen LogP contribution in [0.2, 0.25) is 0 Å². The van der Waals surface area contributed by atoms with Crippen LogP contribution >= 0.6 is 11.8 Å². The van der Waals surface area contributed by atoms with Crippen LogP contribution in [0.3, 0.4) is 0 Å². The Morgan fingerprint density at radius 2 is 2.24 bits per heavy atom.